The summed E-state index contributed by atoms with van der Waals surface area (Å²) in [5.41, 5.74) is 0. The molecule has 10 heteroatoms. The van der Waals surface area contributed by atoms with E-state index in [1.54, 1.807) is 7.11 Å². The maximum absolute atomic E-state index is 5.44. The predicted octanol–water partition coefficient (Wildman–Crippen LogP) is 0.633. The highest BCUT2D eigenvalue weighted by Crippen LogP contribution is 2.13. The fourth-order valence-electron chi connectivity index (χ4n) is 3.54. The highest BCUT2D eigenvalue weighted by Gasteiger charge is 2.23. The second-order valence-corrected chi connectivity index (χ2v) is 7.16. The minimum atomic E-state index is 0. The maximum Gasteiger partial charge on any atom is 0.191 e. The zero-order chi connectivity index (χ0) is 19.1. The van der Waals surface area contributed by atoms with Crippen LogP contribution in [0.1, 0.15) is 31.9 Å². The molecule has 28 heavy (non-hydrogen) atoms. The van der Waals surface area contributed by atoms with Gasteiger partial charge in [0, 0.05) is 45.2 Å². The van der Waals surface area contributed by atoms with Gasteiger partial charge in [-0.1, -0.05) is 0 Å². The number of aryl methyl sites for hydroxylation is 1. The lowest BCUT2D eigenvalue weighted by Crippen LogP contribution is -2.48. The van der Waals surface area contributed by atoms with E-state index < -0.39 is 0 Å². The highest BCUT2D eigenvalue weighted by atomic mass is 127. The lowest BCUT2D eigenvalue weighted by molar-refractivity contribution is 0.0220. The van der Waals surface area contributed by atoms with E-state index in [-0.39, 0.29) is 24.0 Å². The Kier molecular flexibility index (Phi) is 9.89. The van der Waals surface area contributed by atoms with Crippen molar-refractivity contribution in [1.82, 2.24) is 30.3 Å². The number of hydrogen-bond donors (Lipinski definition) is 2. The topological polar surface area (TPSA) is 88.8 Å². The summed E-state index contributed by atoms with van der Waals surface area (Å²) in [5.74, 6) is 2.68. The van der Waals surface area contributed by atoms with E-state index in [2.05, 4.69) is 39.5 Å². The van der Waals surface area contributed by atoms with E-state index in [0.717, 1.165) is 76.4 Å². The molecule has 2 N–H and O–H groups in total. The molecular weight excluding hydrogens is 473 g/mol. The van der Waals surface area contributed by atoms with Crippen molar-refractivity contribution < 1.29 is 9.47 Å². The first-order chi connectivity index (χ1) is 13.2. The van der Waals surface area contributed by atoms with Crippen molar-refractivity contribution in [2.45, 2.75) is 51.9 Å². The number of ether oxygens (including phenoxy) is 2. The van der Waals surface area contributed by atoms with Gasteiger partial charge in [0.1, 0.15) is 12.4 Å². The summed E-state index contributed by atoms with van der Waals surface area (Å²) in [5, 5.41) is 11.5. The highest BCUT2D eigenvalue weighted by molar-refractivity contribution is 14.0. The van der Waals surface area contributed by atoms with Gasteiger partial charge in [-0.3, -0.25) is 9.89 Å². The van der Waals surface area contributed by atoms with Crippen LogP contribution in [0.25, 0.3) is 0 Å². The molecule has 9 nitrogen and oxygen atoms in total. The SMILES string of the molecule is CCNC(=NCC(C)N1CCOCC1)NC1CCc2nc(COC)nn2C1.I. The van der Waals surface area contributed by atoms with Crippen molar-refractivity contribution in [2.24, 2.45) is 4.99 Å². The first-order valence-electron chi connectivity index (χ1n) is 9.97. The van der Waals surface area contributed by atoms with Crippen LogP contribution in [0, 0.1) is 0 Å². The Balaban J connectivity index is 0.00000280. The number of methoxy groups -OCH3 is 1. The number of hydrogen-bond acceptors (Lipinski definition) is 6. The van der Waals surface area contributed by atoms with Crippen LogP contribution >= 0.6 is 24.0 Å². The molecule has 1 fully saturated rings. The summed E-state index contributed by atoms with van der Waals surface area (Å²) in [7, 11) is 1.67. The fraction of sp³-hybridized carbons (Fsp3) is 0.833. The van der Waals surface area contributed by atoms with Crippen molar-refractivity contribution >= 4 is 29.9 Å². The quantitative estimate of drug-likeness (QED) is 0.318. The van der Waals surface area contributed by atoms with Crippen LogP contribution in [0.5, 0.6) is 0 Å². The van der Waals surface area contributed by atoms with Crippen LogP contribution in [-0.4, -0.2) is 84.2 Å². The molecule has 2 aliphatic heterocycles. The Bertz CT molecular complexity index is 619. The summed E-state index contributed by atoms with van der Waals surface area (Å²) in [4.78, 5) is 11.8. The molecule has 0 radical (unpaired) electrons. The van der Waals surface area contributed by atoms with Gasteiger partial charge in [-0.2, -0.15) is 5.10 Å². The minimum Gasteiger partial charge on any atom is -0.379 e. The number of aromatic nitrogens is 3. The normalized spacial score (nSPS) is 21.5. The Hall–Kier alpha value is -0.980. The zero-order valence-corrected chi connectivity index (χ0v) is 19.5. The second-order valence-electron chi connectivity index (χ2n) is 7.16. The van der Waals surface area contributed by atoms with Gasteiger partial charge in [0.05, 0.1) is 26.3 Å². The average Bonchev–Trinajstić information content (AvgIpc) is 3.08. The molecule has 3 heterocycles. The van der Waals surface area contributed by atoms with E-state index in [1.165, 1.54) is 0 Å². The molecule has 2 unspecified atom stereocenters. The second kappa shape index (κ2) is 11.9. The number of guanidine groups is 1. The Morgan fingerprint density at radius 2 is 2.18 bits per heavy atom. The summed E-state index contributed by atoms with van der Waals surface area (Å²) >= 11 is 0. The van der Waals surface area contributed by atoms with Gasteiger partial charge in [0.25, 0.3) is 0 Å². The summed E-state index contributed by atoms with van der Waals surface area (Å²) in [6.07, 6.45) is 1.94. The van der Waals surface area contributed by atoms with Crippen LogP contribution < -0.4 is 10.6 Å². The van der Waals surface area contributed by atoms with E-state index in [0.29, 0.717) is 18.7 Å². The molecule has 3 rings (SSSR count). The lowest BCUT2D eigenvalue weighted by Gasteiger charge is -2.31. The van der Waals surface area contributed by atoms with Gasteiger partial charge in [-0.25, -0.2) is 9.67 Å². The van der Waals surface area contributed by atoms with Crippen LogP contribution in [-0.2, 0) is 29.0 Å². The largest absolute Gasteiger partial charge is 0.379 e. The van der Waals surface area contributed by atoms with Crippen molar-refractivity contribution in [1.29, 1.82) is 0 Å². The number of nitrogens with zero attached hydrogens (tertiary/aromatic N) is 5. The molecule has 2 atom stereocenters. The molecule has 160 valence electrons. The maximum atomic E-state index is 5.44. The molecule has 1 aromatic rings. The first-order valence-corrected chi connectivity index (χ1v) is 9.97. The number of nitrogens with one attached hydrogen (secondary N) is 2. The standard InChI is InChI=1S/C18H33N7O2.HI/c1-4-19-18(20-11-14(2)24-7-9-27-10-8-24)21-15-5-6-17-22-16(13-26-3)23-25(17)12-15;/h14-15H,4-13H2,1-3H3,(H2,19,20,21);1H. The Morgan fingerprint density at radius 3 is 2.89 bits per heavy atom. The fourth-order valence-corrected chi connectivity index (χ4v) is 3.54. The monoisotopic (exact) mass is 507 g/mol. The molecule has 0 aromatic carbocycles. The molecule has 0 spiro atoms. The minimum absolute atomic E-state index is 0. The number of rotatable bonds is 7. The predicted molar refractivity (Wildman–Crippen MR) is 119 cm³/mol. The summed E-state index contributed by atoms with van der Waals surface area (Å²) < 4.78 is 12.6. The Labute approximate surface area is 184 Å². The van der Waals surface area contributed by atoms with E-state index in [4.69, 9.17) is 14.5 Å². The summed E-state index contributed by atoms with van der Waals surface area (Å²) in [6.45, 7) is 10.8. The van der Waals surface area contributed by atoms with Crippen LogP contribution in [0.3, 0.4) is 0 Å². The number of morpholine rings is 1. The van der Waals surface area contributed by atoms with Gasteiger partial charge < -0.3 is 20.1 Å². The zero-order valence-electron chi connectivity index (χ0n) is 17.2. The molecule has 1 saturated heterocycles. The van der Waals surface area contributed by atoms with Gasteiger partial charge in [-0.15, -0.1) is 24.0 Å². The van der Waals surface area contributed by atoms with Gasteiger partial charge in [0.2, 0.25) is 0 Å². The van der Waals surface area contributed by atoms with Crippen molar-refractivity contribution in [2.75, 3.05) is 46.5 Å². The van der Waals surface area contributed by atoms with E-state index in [9.17, 15) is 0 Å². The average molecular weight is 507 g/mol. The number of fused-ring (bicyclic) bond motifs is 1. The Morgan fingerprint density at radius 1 is 1.39 bits per heavy atom. The lowest BCUT2D eigenvalue weighted by atomic mass is 10.1. The molecule has 0 amide bonds. The number of aliphatic imine (C=N–C) groups is 1. The van der Waals surface area contributed by atoms with Crippen molar-refractivity contribution in [3.63, 3.8) is 0 Å². The van der Waals surface area contributed by atoms with Crippen molar-refractivity contribution in [3.8, 4) is 0 Å². The third-order valence-corrected chi connectivity index (χ3v) is 5.04. The van der Waals surface area contributed by atoms with E-state index >= 15 is 0 Å². The molecule has 2 aliphatic rings. The van der Waals surface area contributed by atoms with Gasteiger partial charge in [0.15, 0.2) is 11.8 Å². The van der Waals surface area contributed by atoms with Crippen LogP contribution in [0.2, 0.25) is 0 Å². The first kappa shape index (κ1) is 23.3. The molecule has 0 bridgehead atoms. The van der Waals surface area contributed by atoms with Gasteiger partial charge >= 0.3 is 0 Å². The molecular formula is C18H34IN7O2. The van der Waals surface area contributed by atoms with E-state index in [1.807, 2.05) is 4.68 Å². The summed E-state index contributed by atoms with van der Waals surface area (Å²) in [6, 6.07) is 0.709. The third-order valence-electron chi connectivity index (χ3n) is 5.04. The number of halogens is 1. The molecule has 0 saturated carbocycles. The smallest absolute Gasteiger partial charge is 0.191 e. The van der Waals surface area contributed by atoms with Crippen LogP contribution in [0.4, 0.5) is 0 Å². The van der Waals surface area contributed by atoms with Crippen molar-refractivity contribution in [3.05, 3.63) is 11.6 Å². The molecule has 0 aliphatic carbocycles. The third kappa shape index (κ3) is 6.53. The van der Waals surface area contributed by atoms with Gasteiger partial charge in [-0.05, 0) is 20.3 Å². The molecule has 1 aromatic heterocycles. The van der Waals surface area contributed by atoms with Crippen LogP contribution in [0.15, 0.2) is 4.99 Å².